The van der Waals surface area contributed by atoms with Gasteiger partial charge in [-0.05, 0) is 193 Å². The third-order valence-electron chi connectivity index (χ3n) is 17.6. The van der Waals surface area contributed by atoms with Gasteiger partial charge in [0.1, 0.15) is 0 Å². The molecule has 0 atom stereocenters. The lowest BCUT2D eigenvalue weighted by Gasteiger charge is -2.26. The van der Waals surface area contributed by atoms with E-state index in [-0.39, 0.29) is 0 Å². The molecule has 0 aliphatic rings. The predicted octanol–water partition coefficient (Wildman–Crippen LogP) is 24.4. The summed E-state index contributed by atoms with van der Waals surface area (Å²) in [7, 11) is 0. The van der Waals surface area contributed by atoms with Gasteiger partial charge in [-0.3, -0.25) is 0 Å². The SMILES string of the molecule is c1ccc(-c2cccc(N(c3ccccc3)c3ccc(-c4c5ccccc5c(-c5cccc6c(-c7c8ccccc8c(-c8ccc(N(c9ccccc9)c9cccc(-c%10ccccc%10)c9)cc8)c8ccccc78)cccc56)c5ccccc45)cc3)c2)cc1. The fourth-order valence-electron chi connectivity index (χ4n) is 13.7. The first-order valence-corrected chi connectivity index (χ1v) is 30.3. The molecule has 0 heterocycles. The fraction of sp³-hybridized carbons (Fsp3) is 0. The average molecular weight is 1120 g/mol. The quantitative estimate of drug-likeness (QED) is 0.113. The standard InChI is InChI=1S/C86H58N2/c1-5-25-59(26-6-1)63-29-21-35-69(57-63)87(65-31-9-3-10-32-65)67-53-49-61(50-54-67)83-75-37-13-17-41-79(75)85(80-42-18-14-38-76(80)83)73-47-23-46-72-71(73)45-24-48-74(72)86-81-43-19-15-39-77(81)84(78-40-16-20-44-82(78)86)62-51-55-68(56-52-62)88(66-33-11-4-12-34-66)70-36-22-30-64(58-70)60-27-7-2-8-28-60/h1-58H. The van der Waals surface area contributed by atoms with E-state index in [2.05, 4.69) is 362 Å². The summed E-state index contributed by atoms with van der Waals surface area (Å²) in [5, 5.41) is 12.2. The molecule has 0 fully saturated rings. The number of hydrogen-bond donors (Lipinski definition) is 0. The largest absolute Gasteiger partial charge is 0.310 e. The Balaban J connectivity index is 0.808. The minimum Gasteiger partial charge on any atom is -0.310 e. The third-order valence-corrected chi connectivity index (χ3v) is 17.6. The highest BCUT2D eigenvalue weighted by Crippen LogP contribution is 2.50. The van der Waals surface area contributed by atoms with Crippen molar-refractivity contribution in [1.29, 1.82) is 0 Å². The molecule has 0 aromatic heterocycles. The Kier molecular flexibility index (Phi) is 13.3. The molecule has 16 aromatic rings. The molecule has 16 rings (SSSR count). The minimum atomic E-state index is 1.09. The number of para-hydroxylation sites is 2. The van der Waals surface area contributed by atoms with E-state index in [9.17, 15) is 0 Å². The van der Waals surface area contributed by atoms with Crippen LogP contribution in [-0.2, 0) is 0 Å². The lowest BCUT2D eigenvalue weighted by atomic mass is 9.82. The van der Waals surface area contributed by atoms with Gasteiger partial charge in [0.2, 0.25) is 0 Å². The van der Waals surface area contributed by atoms with E-state index in [1.165, 1.54) is 121 Å². The monoisotopic (exact) mass is 1120 g/mol. The summed E-state index contributed by atoms with van der Waals surface area (Å²) >= 11 is 0. The molecule has 412 valence electrons. The molecule has 0 bridgehead atoms. The zero-order valence-corrected chi connectivity index (χ0v) is 48.4. The summed E-state index contributed by atoms with van der Waals surface area (Å²) in [5.74, 6) is 0. The molecular formula is C86H58N2. The van der Waals surface area contributed by atoms with Crippen LogP contribution >= 0.6 is 0 Å². The number of rotatable bonds is 12. The van der Waals surface area contributed by atoms with Gasteiger partial charge in [-0.25, -0.2) is 0 Å². The third kappa shape index (κ3) is 9.24. The van der Waals surface area contributed by atoms with Crippen LogP contribution in [0, 0.1) is 0 Å². The number of nitrogens with zero attached hydrogens (tertiary/aromatic N) is 2. The van der Waals surface area contributed by atoms with E-state index in [1.807, 2.05) is 0 Å². The van der Waals surface area contributed by atoms with Gasteiger partial charge >= 0.3 is 0 Å². The molecule has 0 aliphatic heterocycles. The van der Waals surface area contributed by atoms with Gasteiger partial charge in [0.15, 0.2) is 0 Å². The Morgan fingerprint density at radius 3 is 0.705 bits per heavy atom. The fourth-order valence-corrected chi connectivity index (χ4v) is 13.7. The summed E-state index contributed by atoms with van der Waals surface area (Å²) in [5.41, 5.74) is 21.1. The number of anilines is 6. The highest BCUT2D eigenvalue weighted by molar-refractivity contribution is 6.27. The van der Waals surface area contributed by atoms with E-state index in [0.29, 0.717) is 0 Å². The van der Waals surface area contributed by atoms with Crippen molar-refractivity contribution in [3.05, 3.63) is 352 Å². The first-order valence-electron chi connectivity index (χ1n) is 30.3. The zero-order valence-electron chi connectivity index (χ0n) is 48.4. The van der Waals surface area contributed by atoms with E-state index >= 15 is 0 Å². The zero-order chi connectivity index (χ0) is 58.3. The number of hydrogen-bond acceptors (Lipinski definition) is 2. The normalized spacial score (nSPS) is 11.4. The van der Waals surface area contributed by atoms with E-state index in [1.54, 1.807) is 0 Å². The van der Waals surface area contributed by atoms with Crippen molar-refractivity contribution in [2.75, 3.05) is 9.80 Å². The van der Waals surface area contributed by atoms with Crippen molar-refractivity contribution in [3.8, 4) is 66.8 Å². The first-order chi connectivity index (χ1) is 43.7. The first kappa shape index (κ1) is 52.0. The predicted molar refractivity (Wildman–Crippen MR) is 376 cm³/mol. The van der Waals surface area contributed by atoms with Gasteiger partial charge in [-0.15, -0.1) is 0 Å². The van der Waals surface area contributed by atoms with E-state index in [0.717, 1.165) is 34.1 Å². The van der Waals surface area contributed by atoms with Crippen molar-refractivity contribution < 1.29 is 0 Å². The molecule has 0 aliphatic carbocycles. The van der Waals surface area contributed by atoms with Gasteiger partial charge in [0.25, 0.3) is 0 Å². The molecule has 0 amide bonds. The summed E-state index contributed by atoms with van der Waals surface area (Å²) < 4.78 is 0. The van der Waals surface area contributed by atoms with Gasteiger partial charge < -0.3 is 9.80 Å². The molecule has 0 saturated carbocycles. The maximum Gasteiger partial charge on any atom is 0.0467 e. The van der Waals surface area contributed by atoms with Gasteiger partial charge in [-0.2, -0.15) is 0 Å². The van der Waals surface area contributed by atoms with Crippen LogP contribution in [-0.4, -0.2) is 0 Å². The Morgan fingerprint density at radius 2 is 0.375 bits per heavy atom. The van der Waals surface area contributed by atoms with Gasteiger partial charge in [0.05, 0.1) is 0 Å². The Bertz CT molecular complexity index is 4790. The number of fused-ring (bicyclic) bond motifs is 5. The van der Waals surface area contributed by atoms with Crippen molar-refractivity contribution in [1.82, 2.24) is 0 Å². The minimum absolute atomic E-state index is 1.09. The van der Waals surface area contributed by atoms with E-state index in [4.69, 9.17) is 0 Å². The van der Waals surface area contributed by atoms with Crippen LogP contribution in [0.15, 0.2) is 352 Å². The summed E-state index contributed by atoms with van der Waals surface area (Å²) in [6, 6.07) is 129. The highest BCUT2D eigenvalue weighted by Gasteiger charge is 2.23. The molecule has 88 heavy (non-hydrogen) atoms. The van der Waals surface area contributed by atoms with Crippen LogP contribution in [0.1, 0.15) is 0 Å². The molecular weight excluding hydrogens is 1060 g/mol. The second kappa shape index (κ2) is 22.4. The second-order valence-corrected chi connectivity index (χ2v) is 22.7. The smallest absolute Gasteiger partial charge is 0.0467 e. The summed E-state index contributed by atoms with van der Waals surface area (Å²) in [6.45, 7) is 0. The molecule has 0 N–H and O–H groups in total. The molecule has 2 nitrogen and oxygen atoms in total. The molecule has 2 heteroatoms. The molecule has 0 unspecified atom stereocenters. The molecule has 16 aromatic carbocycles. The Hall–Kier alpha value is -11.6. The lowest BCUT2D eigenvalue weighted by Crippen LogP contribution is -2.09. The van der Waals surface area contributed by atoms with Crippen LogP contribution in [0.2, 0.25) is 0 Å². The Morgan fingerprint density at radius 1 is 0.136 bits per heavy atom. The maximum atomic E-state index is 2.36. The Labute approximate surface area is 513 Å². The topological polar surface area (TPSA) is 6.48 Å². The van der Waals surface area contributed by atoms with E-state index < -0.39 is 0 Å². The van der Waals surface area contributed by atoms with Crippen LogP contribution in [0.4, 0.5) is 34.1 Å². The maximum absolute atomic E-state index is 2.36. The van der Waals surface area contributed by atoms with Crippen LogP contribution in [0.25, 0.3) is 121 Å². The highest BCUT2D eigenvalue weighted by atomic mass is 15.1. The average Bonchev–Trinajstić information content (AvgIpc) is 1.12. The van der Waals surface area contributed by atoms with Crippen molar-refractivity contribution >= 4 is 88.0 Å². The van der Waals surface area contributed by atoms with Crippen molar-refractivity contribution in [2.45, 2.75) is 0 Å². The van der Waals surface area contributed by atoms with Crippen LogP contribution in [0.3, 0.4) is 0 Å². The second-order valence-electron chi connectivity index (χ2n) is 22.7. The summed E-state index contributed by atoms with van der Waals surface area (Å²) in [6.07, 6.45) is 0. The van der Waals surface area contributed by atoms with Gasteiger partial charge in [-0.1, -0.05) is 279 Å². The molecule has 0 saturated heterocycles. The van der Waals surface area contributed by atoms with Gasteiger partial charge in [0, 0.05) is 34.1 Å². The van der Waals surface area contributed by atoms with Crippen LogP contribution < -0.4 is 9.80 Å². The number of benzene rings is 16. The van der Waals surface area contributed by atoms with Crippen molar-refractivity contribution in [2.24, 2.45) is 0 Å². The molecule has 0 radical (unpaired) electrons. The summed E-state index contributed by atoms with van der Waals surface area (Å²) in [4.78, 5) is 4.72. The lowest BCUT2D eigenvalue weighted by molar-refractivity contribution is 1.28. The van der Waals surface area contributed by atoms with Crippen molar-refractivity contribution in [3.63, 3.8) is 0 Å². The molecule has 0 spiro atoms. The van der Waals surface area contributed by atoms with Crippen LogP contribution in [0.5, 0.6) is 0 Å².